The lowest BCUT2D eigenvalue weighted by atomic mass is 9.97. The molecule has 128 valence electrons. The number of likely N-dealkylation sites (tertiary alicyclic amines) is 1. The number of nitrogens with zero attached hydrogens (tertiary/aromatic N) is 2. The van der Waals surface area contributed by atoms with Crippen molar-refractivity contribution in [2.45, 2.75) is 32.6 Å². The smallest absolute Gasteiger partial charge is 0.357 e. The zero-order chi connectivity index (χ0) is 17.1. The summed E-state index contributed by atoms with van der Waals surface area (Å²) in [4.78, 5) is 33.6. The van der Waals surface area contributed by atoms with Gasteiger partial charge in [-0.05, 0) is 32.8 Å². The Labute approximate surface area is 144 Å². The van der Waals surface area contributed by atoms with Gasteiger partial charge in [0.05, 0.1) is 17.2 Å². The van der Waals surface area contributed by atoms with Crippen molar-refractivity contribution in [1.29, 1.82) is 0 Å². The number of aromatic nitrogens is 2. The lowest BCUT2D eigenvalue weighted by Crippen LogP contribution is -2.38. The van der Waals surface area contributed by atoms with Crippen LogP contribution >= 0.6 is 11.3 Å². The van der Waals surface area contributed by atoms with E-state index in [2.05, 4.69) is 9.97 Å². The molecule has 0 bridgehead atoms. The van der Waals surface area contributed by atoms with E-state index in [1.54, 1.807) is 18.5 Å². The predicted molar refractivity (Wildman–Crippen MR) is 91.5 cm³/mol. The maximum Gasteiger partial charge on any atom is 0.357 e. The van der Waals surface area contributed by atoms with Gasteiger partial charge in [-0.3, -0.25) is 4.79 Å². The van der Waals surface area contributed by atoms with Crippen LogP contribution in [0.3, 0.4) is 0 Å². The van der Waals surface area contributed by atoms with Crippen LogP contribution in [-0.4, -0.2) is 46.4 Å². The van der Waals surface area contributed by atoms with Crippen LogP contribution in [0.2, 0.25) is 0 Å². The maximum absolute atomic E-state index is 12.5. The van der Waals surface area contributed by atoms with Gasteiger partial charge in [0.25, 0.3) is 5.91 Å². The van der Waals surface area contributed by atoms with Gasteiger partial charge in [0.1, 0.15) is 0 Å². The number of hydrogen-bond donors (Lipinski definition) is 1. The lowest BCUT2D eigenvalue weighted by Gasteiger charge is -2.31. The summed E-state index contributed by atoms with van der Waals surface area (Å²) < 4.78 is 4.98. The van der Waals surface area contributed by atoms with E-state index in [4.69, 9.17) is 4.74 Å². The van der Waals surface area contributed by atoms with Crippen molar-refractivity contribution in [2.75, 3.05) is 19.7 Å². The van der Waals surface area contributed by atoms with Crippen molar-refractivity contribution in [3.8, 4) is 0 Å². The third kappa shape index (κ3) is 3.36. The van der Waals surface area contributed by atoms with Gasteiger partial charge in [-0.25, -0.2) is 9.78 Å². The first-order valence-corrected chi connectivity index (χ1v) is 9.04. The van der Waals surface area contributed by atoms with Crippen molar-refractivity contribution >= 4 is 23.2 Å². The molecule has 1 fully saturated rings. The second-order valence-corrected chi connectivity index (χ2v) is 6.76. The molecule has 0 radical (unpaired) electrons. The summed E-state index contributed by atoms with van der Waals surface area (Å²) in [5, 5.41) is 2.72. The Balaban J connectivity index is 1.60. The first-order chi connectivity index (χ1) is 11.6. The minimum atomic E-state index is -0.365. The maximum atomic E-state index is 12.5. The van der Waals surface area contributed by atoms with Crippen LogP contribution < -0.4 is 0 Å². The van der Waals surface area contributed by atoms with E-state index in [0.717, 1.165) is 29.1 Å². The summed E-state index contributed by atoms with van der Waals surface area (Å²) in [6, 6.07) is 1.83. The molecule has 1 amide bonds. The highest BCUT2D eigenvalue weighted by Crippen LogP contribution is 2.31. The topological polar surface area (TPSA) is 75.3 Å². The molecule has 0 atom stereocenters. The van der Waals surface area contributed by atoms with Gasteiger partial charge in [-0.2, -0.15) is 0 Å². The van der Waals surface area contributed by atoms with E-state index in [1.165, 1.54) is 11.3 Å². The number of aromatic amines is 1. The highest BCUT2D eigenvalue weighted by molar-refractivity contribution is 7.09. The fourth-order valence-corrected chi connectivity index (χ4v) is 3.92. The Bertz CT molecular complexity index is 729. The third-order valence-electron chi connectivity index (χ3n) is 4.32. The number of thiazole rings is 1. The Morgan fingerprint density at radius 3 is 2.79 bits per heavy atom. The molecule has 1 aliphatic rings. The van der Waals surface area contributed by atoms with E-state index < -0.39 is 0 Å². The standard InChI is InChI=1S/C17H21N3O3S/c1-3-23-17(22)14-10-24-15(19-14)12-5-8-20(9-6-12)16(21)13-4-7-18-11(13)2/h4,7,10,12,18H,3,5-6,8-9H2,1-2H3. The second-order valence-electron chi connectivity index (χ2n) is 5.87. The summed E-state index contributed by atoms with van der Waals surface area (Å²) in [7, 11) is 0. The van der Waals surface area contributed by atoms with Crippen LogP contribution in [0.5, 0.6) is 0 Å². The van der Waals surface area contributed by atoms with Crippen molar-refractivity contribution in [1.82, 2.24) is 14.9 Å². The largest absolute Gasteiger partial charge is 0.461 e. The van der Waals surface area contributed by atoms with Crippen LogP contribution in [0.15, 0.2) is 17.6 Å². The zero-order valence-electron chi connectivity index (χ0n) is 13.9. The van der Waals surface area contributed by atoms with Crippen LogP contribution in [0.1, 0.15) is 57.2 Å². The van der Waals surface area contributed by atoms with Gasteiger partial charge in [-0.15, -0.1) is 11.3 Å². The minimum Gasteiger partial charge on any atom is -0.461 e. The third-order valence-corrected chi connectivity index (χ3v) is 5.33. The molecule has 6 nitrogen and oxygen atoms in total. The Hall–Kier alpha value is -2.15. The fourth-order valence-electron chi connectivity index (χ4n) is 2.96. The number of nitrogens with one attached hydrogen (secondary N) is 1. The van der Waals surface area contributed by atoms with E-state index in [-0.39, 0.29) is 11.9 Å². The number of hydrogen-bond acceptors (Lipinski definition) is 5. The number of H-pyrrole nitrogens is 1. The van der Waals surface area contributed by atoms with E-state index in [0.29, 0.717) is 31.3 Å². The number of carbonyl (C=O) groups is 2. The molecular formula is C17H21N3O3S. The Kier molecular flexibility index (Phi) is 4.99. The van der Waals surface area contributed by atoms with E-state index >= 15 is 0 Å². The highest BCUT2D eigenvalue weighted by atomic mass is 32.1. The zero-order valence-corrected chi connectivity index (χ0v) is 14.7. The number of amides is 1. The average Bonchev–Trinajstić information content (AvgIpc) is 3.24. The van der Waals surface area contributed by atoms with E-state index in [1.807, 2.05) is 17.9 Å². The number of aryl methyl sites for hydroxylation is 1. The molecule has 24 heavy (non-hydrogen) atoms. The summed E-state index contributed by atoms with van der Waals surface area (Å²) in [5.74, 6) is 0.0173. The van der Waals surface area contributed by atoms with Gasteiger partial charge in [0.2, 0.25) is 0 Å². The quantitative estimate of drug-likeness (QED) is 0.863. The SMILES string of the molecule is CCOC(=O)c1csc(C2CCN(C(=O)c3cc[nH]c3C)CC2)n1. The van der Waals surface area contributed by atoms with Crippen molar-refractivity contribution in [3.63, 3.8) is 0 Å². The van der Waals surface area contributed by atoms with Crippen LogP contribution in [0.4, 0.5) is 0 Å². The summed E-state index contributed by atoms with van der Waals surface area (Å²) in [6.45, 7) is 5.46. The fraction of sp³-hybridized carbons (Fsp3) is 0.471. The first kappa shape index (κ1) is 16.7. The molecule has 3 heterocycles. The summed E-state index contributed by atoms with van der Waals surface area (Å²) in [6.07, 6.45) is 3.53. The molecule has 2 aromatic heterocycles. The van der Waals surface area contributed by atoms with Crippen molar-refractivity contribution in [2.24, 2.45) is 0 Å². The molecule has 1 N–H and O–H groups in total. The van der Waals surface area contributed by atoms with Crippen LogP contribution in [-0.2, 0) is 4.74 Å². The number of rotatable bonds is 4. The molecule has 0 aromatic carbocycles. The second kappa shape index (κ2) is 7.17. The predicted octanol–water partition coefficient (Wildman–Crippen LogP) is 2.98. The van der Waals surface area contributed by atoms with Gasteiger partial charge in [-0.1, -0.05) is 0 Å². The molecule has 7 heteroatoms. The van der Waals surface area contributed by atoms with Gasteiger partial charge >= 0.3 is 5.97 Å². The van der Waals surface area contributed by atoms with E-state index in [9.17, 15) is 9.59 Å². The molecule has 0 spiro atoms. The summed E-state index contributed by atoms with van der Waals surface area (Å²) in [5.41, 5.74) is 2.03. The Morgan fingerprint density at radius 2 is 2.17 bits per heavy atom. The molecule has 3 rings (SSSR count). The Morgan fingerprint density at radius 1 is 1.42 bits per heavy atom. The number of ether oxygens (including phenoxy) is 1. The lowest BCUT2D eigenvalue weighted by molar-refractivity contribution is 0.0520. The molecule has 0 saturated carbocycles. The summed E-state index contributed by atoms with van der Waals surface area (Å²) >= 11 is 1.50. The molecule has 1 saturated heterocycles. The number of esters is 1. The molecule has 0 aliphatic carbocycles. The van der Waals surface area contributed by atoms with Gasteiger partial charge in [0.15, 0.2) is 5.69 Å². The highest BCUT2D eigenvalue weighted by Gasteiger charge is 2.27. The average molecular weight is 347 g/mol. The van der Waals surface area contributed by atoms with Gasteiger partial charge < -0.3 is 14.6 Å². The van der Waals surface area contributed by atoms with Crippen LogP contribution in [0, 0.1) is 6.92 Å². The van der Waals surface area contributed by atoms with Crippen molar-refractivity contribution < 1.29 is 14.3 Å². The molecule has 1 aliphatic heterocycles. The number of carbonyl (C=O) groups excluding carboxylic acids is 2. The minimum absolute atomic E-state index is 0.0820. The van der Waals surface area contributed by atoms with Gasteiger partial charge in [0, 0.05) is 36.3 Å². The van der Waals surface area contributed by atoms with Crippen LogP contribution in [0.25, 0.3) is 0 Å². The molecule has 2 aromatic rings. The van der Waals surface area contributed by atoms with Crippen molar-refractivity contribution in [3.05, 3.63) is 39.6 Å². The molecule has 0 unspecified atom stereocenters. The monoisotopic (exact) mass is 347 g/mol. The molecular weight excluding hydrogens is 326 g/mol. The number of piperidine rings is 1. The first-order valence-electron chi connectivity index (χ1n) is 8.16. The normalized spacial score (nSPS) is 15.5.